The van der Waals surface area contributed by atoms with Crippen molar-refractivity contribution in [3.05, 3.63) is 33.8 Å². The average Bonchev–Trinajstić information content (AvgIpc) is 2.36. The molecule has 0 fully saturated rings. The molecule has 2 nitrogen and oxygen atoms in total. The Morgan fingerprint density at radius 3 is 2.60 bits per heavy atom. The second kappa shape index (κ2) is 8.00. The number of hydrogen-bond donors (Lipinski definition) is 2. The minimum Gasteiger partial charge on any atom is -0.315 e. The minimum atomic E-state index is -4.33. The second-order valence-corrected chi connectivity index (χ2v) is 5.70. The largest absolute Gasteiger partial charge is 0.416 e. The van der Waals surface area contributed by atoms with Crippen molar-refractivity contribution >= 4 is 15.9 Å². The third kappa shape index (κ3) is 5.81. The normalized spacial score (nSPS) is 13.5. The Morgan fingerprint density at radius 1 is 1.30 bits per heavy atom. The van der Waals surface area contributed by atoms with Gasteiger partial charge in [-0.15, -0.1) is 0 Å². The summed E-state index contributed by atoms with van der Waals surface area (Å²) in [5, 5.41) is 6.34. The molecule has 0 spiro atoms. The van der Waals surface area contributed by atoms with Crippen molar-refractivity contribution in [3.8, 4) is 0 Å². The molecule has 0 aliphatic rings. The van der Waals surface area contributed by atoms with Crippen LogP contribution in [-0.2, 0) is 12.7 Å². The van der Waals surface area contributed by atoms with E-state index in [0.29, 0.717) is 4.47 Å². The van der Waals surface area contributed by atoms with E-state index in [1.165, 1.54) is 6.07 Å². The number of halogens is 4. The Labute approximate surface area is 126 Å². The van der Waals surface area contributed by atoms with E-state index in [1.807, 2.05) is 6.92 Å². The Bertz CT molecular complexity index is 421. The van der Waals surface area contributed by atoms with Gasteiger partial charge in [-0.2, -0.15) is 13.2 Å². The highest BCUT2D eigenvalue weighted by molar-refractivity contribution is 9.10. The summed E-state index contributed by atoms with van der Waals surface area (Å²) in [4.78, 5) is 0. The molecule has 0 amide bonds. The fraction of sp³-hybridized carbons (Fsp3) is 0.571. The first-order valence-electron chi connectivity index (χ1n) is 6.64. The lowest BCUT2D eigenvalue weighted by Crippen LogP contribution is -2.36. The first kappa shape index (κ1) is 17.5. The van der Waals surface area contributed by atoms with Crippen molar-refractivity contribution in [2.24, 2.45) is 0 Å². The lowest BCUT2D eigenvalue weighted by atomic mass is 10.1. The molecule has 1 unspecified atom stereocenters. The van der Waals surface area contributed by atoms with E-state index in [9.17, 15) is 13.2 Å². The average molecular weight is 353 g/mol. The molecule has 0 aliphatic carbocycles. The van der Waals surface area contributed by atoms with Crippen LogP contribution in [0.4, 0.5) is 13.2 Å². The van der Waals surface area contributed by atoms with Crippen LogP contribution in [0.15, 0.2) is 22.7 Å². The molecule has 0 aliphatic heterocycles. The number of rotatable bonds is 7. The van der Waals surface area contributed by atoms with Gasteiger partial charge in [0.25, 0.3) is 0 Å². The summed E-state index contributed by atoms with van der Waals surface area (Å²) < 4.78 is 39.3. The van der Waals surface area contributed by atoms with Gasteiger partial charge in [0, 0.05) is 23.6 Å². The van der Waals surface area contributed by atoms with E-state index >= 15 is 0 Å². The number of hydrogen-bond acceptors (Lipinski definition) is 2. The van der Waals surface area contributed by atoms with Crippen LogP contribution in [0, 0.1) is 0 Å². The molecular weight excluding hydrogens is 333 g/mol. The molecular formula is C14H20BrF3N2. The van der Waals surface area contributed by atoms with E-state index in [1.54, 1.807) is 6.07 Å². The molecule has 0 bridgehead atoms. The van der Waals surface area contributed by atoms with Gasteiger partial charge in [0.2, 0.25) is 0 Å². The number of nitrogens with one attached hydrogen (secondary N) is 2. The maximum Gasteiger partial charge on any atom is 0.416 e. The Kier molecular flexibility index (Phi) is 6.99. The summed E-state index contributed by atoms with van der Waals surface area (Å²) in [5.41, 5.74) is -0.323. The van der Waals surface area contributed by atoms with Gasteiger partial charge in [0.05, 0.1) is 5.56 Å². The Balaban J connectivity index is 2.64. The summed E-state index contributed by atoms with van der Waals surface area (Å²) in [6.45, 7) is 5.89. The van der Waals surface area contributed by atoms with Gasteiger partial charge < -0.3 is 10.6 Å². The quantitative estimate of drug-likeness (QED) is 0.726. The standard InChI is InChI=1S/C14H20BrF3N2/c1-3-6-19-8-10(2)20-9-11-4-5-12(15)7-13(11)14(16,17)18/h4-5,7,10,19-20H,3,6,8-9H2,1-2H3. The molecule has 0 aromatic heterocycles. The topological polar surface area (TPSA) is 24.1 Å². The molecule has 6 heteroatoms. The highest BCUT2D eigenvalue weighted by atomic mass is 79.9. The van der Waals surface area contributed by atoms with Crippen LogP contribution in [0.2, 0.25) is 0 Å². The summed E-state index contributed by atoms with van der Waals surface area (Å²) >= 11 is 3.08. The van der Waals surface area contributed by atoms with Crippen LogP contribution in [-0.4, -0.2) is 19.1 Å². The molecule has 1 atom stereocenters. The smallest absolute Gasteiger partial charge is 0.315 e. The molecule has 0 radical (unpaired) electrons. The maximum atomic E-state index is 12.9. The van der Waals surface area contributed by atoms with E-state index in [2.05, 4.69) is 33.5 Å². The van der Waals surface area contributed by atoms with Crippen LogP contribution in [0.3, 0.4) is 0 Å². The summed E-state index contributed by atoms with van der Waals surface area (Å²) in [5.74, 6) is 0. The van der Waals surface area contributed by atoms with Gasteiger partial charge in [0.15, 0.2) is 0 Å². The van der Waals surface area contributed by atoms with Crippen LogP contribution >= 0.6 is 15.9 Å². The fourth-order valence-electron chi connectivity index (χ4n) is 1.82. The zero-order chi connectivity index (χ0) is 15.2. The predicted molar refractivity (Wildman–Crippen MR) is 78.6 cm³/mol. The Morgan fingerprint density at radius 2 is 2.00 bits per heavy atom. The number of alkyl halides is 3. The zero-order valence-electron chi connectivity index (χ0n) is 11.6. The maximum absolute atomic E-state index is 12.9. The second-order valence-electron chi connectivity index (χ2n) is 4.79. The van der Waals surface area contributed by atoms with E-state index in [4.69, 9.17) is 0 Å². The first-order valence-corrected chi connectivity index (χ1v) is 7.43. The number of benzene rings is 1. The first-order chi connectivity index (χ1) is 9.34. The predicted octanol–water partition coefficient (Wildman–Crippen LogP) is 3.95. The fourth-order valence-corrected chi connectivity index (χ4v) is 2.18. The molecule has 1 aromatic carbocycles. The van der Waals surface area contributed by atoms with Crippen molar-refractivity contribution in [2.45, 2.75) is 39.0 Å². The summed E-state index contributed by atoms with van der Waals surface area (Å²) in [7, 11) is 0. The van der Waals surface area contributed by atoms with Gasteiger partial charge in [-0.05, 0) is 37.6 Å². The molecule has 0 heterocycles. The van der Waals surface area contributed by atoms with Crippen LogP contribution in [0.25, 0.3) is 0 Å². The minimum absolute atomic E-state index is 0.117. The highest BCUT2D eigenvalue weighted by Crippen LogP contribution is 2.33. The molecule has 20 heavy (non-hydrogen) atoms. The Hall–Kier alpha value is -0.590. The SMILES string of the molecule is CCCNCC(C)NCc1ccc(Br)cc1C(F)(F)F. The van der Waals surface area contributed by atoms with Gasteiger partial charge in [-0.25, -0.2) is 0 Å². The van der Waals surface area contributed by atoms with Crippen molar-refractivity contribution in [2.75, 3.05) is 13.1 Å². The van der Waals surface area contributed by atoms with E-state index in [-0.39, 0.29) is 18.2 Å². The van der Waals surface area contributed by atoms with Crippen LogP contribution in [0.5, 0.6) is 0 Å². The van der Waals surface area contributed by atoms with Crippen LogP contribution in [0.1, 0.15) is 31.4 Å². The third-order valence-electron chi connectivity index (χ3n) is 2.90. The van der Waals surface area contributed by atoms with E-state index < -0.39 is 11.7 Å². The monoisotopic (exact) mass is 352 g/mol. The highest BCUT2D eigenvalue weighted by Gasteiger charge is 2.33. The molecule has 2 N–H and O–H groups in total. The van der Waals surface area contributed by atoms with Crippen molar-refractivity contribution in [1.82, 2.24) is 10.6 Å². The molecule has 1 aromatic rings. The lowest BCUT2D eigenvalue weighted by Gasteiger charge is -2.17. The summed E-state index contributed by atoms with van der Waals surface area (Å²) in [6.07, 6.45) is -3.29. The van der Waals surface area contributed by atoms with Gasteiger partial charge in [-0.3, -0.25) is 0 Å². The van der Waals surface area contributed by atoms with Gasteiger partial charge in [0.1, 0.15) is 0 Å². The third-order valence-corrected chi connectivity index (χ3v) is 3.39. The van der Waals surface area contributed by atoms with Gasteiger partial charge >= 0.3 is 6.18 Å². The molecule has 0 saturated carbocycles. The zero-order valence-corrected chi connectivity index (χ0v) is 13.2. The van der Waals surface area contributed by atoms with Crippen LogP contribution < -0.4 is 10.6 Å². The van der Waals surface area contributed by atoms with Crippen molar-refractivity contribution in [3.63, 3.8) is 0 Å². The van der Waals surface area contributed by atoms with Crippen molar-refractivity contribution in [1.29, 1.82) is 0 Å². The van der Waals surface area contributed by atoms with Gasteiger partial charge in [-0.1, -0.05) is 28.9 Å². The van der Waals surface area contributed by atoms with Crippen molar-refractivity contribution < 1.29 is 13.2 Å². The summed E-state index contributed by atoms with van der Waals surface area (Å²) in [6, 6.07) is 4.38. The lowest BCUT2D eigenvalue weighted by molar-refractivity contribution is -0.138. The molecule has 114 valence electrons. The molecule has 1 rings (SSSR count). The molecule has 0 saturated heterocycles. The van der Waals surface area contributed by atoms with E-state index in [0.717, 1.165) is 25.6 Å².